The minimum atomic E-state index is -1.47. The van der Waals surface area contributed by atoms with Crippen LogP contribution in [0.25, 0.3) is 0 Å². The van der Waals surface area contributed by atoms with E-state index in [4.69, 9.17) is 27.3 Å². The van der Waals surface area contributed by atoms with Crippen molar-refractivity contribution in [1.82, 2.24) is 0 Å². The highest BCUT2D eigenvalue weighted by molar-refractivity contribution is 6.84. The largest absolute Gasteiger partial charge is 0.455 e. The Morgan fingerprint density at radius 3 is 1.17 bits per heavy atom. The van der Waals surface area contributed by atoms with Crippen LogP contribution in [0.3, 0.4) is 0 Å². The molecular weight excluding hydrogens is 359 g/mol. The van der Waals surface area contributed by atoms with Gasteiger partial charge in [-0.25, -0.2) is 0 Å². The van der Waals surface area contributed by atoms with E-state index >= 15 is 0 Å². The molecule has 0 aliphatic heterocycles. The van der Waals surface area contributed by atoms with Gasteiger partial charge in [0, 0.05) is 11.8 Å². The zero-order valence-corrected chi connectivity index (χ0v) is 19.6. The summed E-state index contributed by atoms with van der Waals surface area (Å²) < 4.78 is 6.72. The fourth-order valence-corrected chi connectivity index (χ4v) is 12.6. The van der Waals surface area contributed by atoms with Crippen LogP contribution < -0.4 is 0 Å². The molecule has 0 saturated heterocycles. The van der Waals surface area contributed by atoms with Crippen LogP contribution >= 0.6 is 23.2 Å². The number of unbranched alkanes of at least 4 members (excludes halogenated alkanes) is 8. The molecule has 0 radical (unpaired) electrons. The van der Waals surface area contributed by atoms with E-state index in [-0.39, 0.29) is 0 Å². The Morgan fingerprint density at radius 1 is 0.522 bits per heavy atom. The summed E-state index contributed by atoms with van der Waals surface area (Å²) in [6, 6.07) is 2.64. The highest BCUT2D eigenvalue weighted by Crippen LogP contribution is 2.25. The first-order valence-electron chi connectivity index (χ1n) is 9.65. The van der Waals surface area contributed by atoms with Gasteiger partial charge in [-0.05, 0) is 51.1 Å². The van der Waals surface area contributed by atoms with Gasteiger partial charge in [0.25, 0.3) is 0 Å². The fraction of sp³-hybridized carbons (Fsp3) is 1.00. The Balaban J connectivity index is 3.82. The maximum atomic E-state index is 6.72. The van der Waals surface area contributed by atoms with E-state index < -0.39 is 16.6 Å². The van der Waals surface area contributed by atoms with Gasteiger partial charge < -0.3 is 4.12 Å². The third-order valence-electron chi connectivity index (χ3n) is 4.38. The molecule has 0 unspecified atom stereocenters. The summed E-state index contributed by atoms with van der Waals surface area (Å²) >= 11 is 11.4. The number of rotatable bonds is 16. The van der Waals surface area contributed by atoms with Crippen LogP contribution in [0.5, 0.6) is 0 Å². The van der Waals surface area contributed by atoms with Crippen LogP contribution in [-0.2, 0) is 4.12 Å². The minimum absolute atomic E-state index is 0.815. The van der Waals surface area contributed by atoms with Crippen molar-refractivity contribution in [2.24, 2.45) is 0 Å². The van der Waals surface area contributed by atoms with Gasteiger partial charge in [0.05, 0.1) is 0 Å². The lowest BCUT2D eigenvalue weighted by Crippen LogP contribution is -2.44. The molecule has 0 bridgehead atoms. The van der Waals surface area contributed by atoms with Crippen LogP contribution in [-0.4, -0.2) is 28.4 Å². The summed E-state index contributed by atoms with van der Waals surface area (Å²) in [6.07, 6.45) is 13.0. The first kappa shape index (κ1) is 24.0. The van der Waals surface area contributed by atoms with E-state index in [9.17, 15) is 0 Å². The zero-order chi connectivity index (χ0) is 17.6. The van der Waals surface area contributed by atoms with Gasteiger partial charge in [-0.3, -0.25) is 0 Å². The van der Waals surface area contributed by atoms with Crippen molar-refractivity contribution in [3.8, 4) is 0 Å². The van der Waals surface area contributed by atoms with Gasteiger partial charge >= 0.3 is 0 Å². The lowest BCUT2D eigenvalue weighted by atomic mass is 10.2. The quantitative estimate of drug-likeness (QED) is 0.146. The van der Waals surface area contributed by atoms with Gasteiger partial charge in [-0.1, -0.05) is 51.4 Å². The summed E-state index contributed by atoms with van der Waals surface area (Å²) in [6.45, 7) is 9.67. The van der Waals surface area contributed by atoms with E-state index in [1.807, 2.05) is 0 Å². The maximum Gasteiger partial charge on any atom is 0.173 e. The van der Waals surface area contributed by atoms with Gasteiger partial charge in [0.2, 0.25) is 0 Å². The highest BCUT2D eigenvalue weighted by Gasteiger charge is 2.31. The van der Waals surface area contributed by atoms with Crippen LogP contribution in [0.2, 0.25) is 38.3 Å². The molecule has 0 aromatic carbocycles. The van der Waals surface area contributed by atoms with Gasteiger partial charge in [0.1, 0.15) is 0 Å². The van der Waals surface area contributed by atoms with Crippen molar-refractivity contribution in [1.29, 1.82) is 0 Å². The van der Waals surface area contributed by atoms with Crippen molar-refractivity contribution < 1.29 is 4.12 Å². The van der Waals surface area contributed by atoms with Gasteiger partial charge in [0.15, 0.2) is 16.6 Å². The average molecular weight is 400 g/mol. The average Bonchev–Trinajstić information content (AvgIpc) is 2.45. The van der Waals surface area contributed by atoms with E-state index in [2.05, 4.69) is 26.2 Å². The van der Waals surface area contributed by atoms with Crippen molar-refractivity contribution in [3.05, 3.63) is 0 Å². The number of hydrogen-bond donors (Lipinski definition) is 0. The molecule has 0 amide bonds. The second-order valence-electron chi connectivity index (χ2n) is 8.03. The van der Waals surface area contributed by atoms with Crippen molar-refractivity contribution >= 4 is 39.8 Å². The normalized spacial score (nSPS) is 12.8. The molecule has 0 heterocycles. The lowest BCUT2D eigenvalue weighted by molar-refractivity contribution is 0.521. The number of alkyl halides is 2. The van der Waals surface area contributed by atoms with Gasteiger partial charge in [-0.15, -0.1) is 23.2 Å². The van der Waals surface area contributed by atoms with E-state index in [1.54, 1.807) is 0 Å². The van der Waals surface area contributed by atoms with E-state index in [0.29, 0.717) is 0 Å². The Morgan fingerprint density at radius 2 is 0.826 bits per heavy atom. The lowest BCUT2D eigenvalue weighted by Gasteiger charge is -2.34. The minimum Gasteiger partial charge on any atom is -0.455 e. The molecule has 0 spiro atoms. The molecule has 5 heteroatoms. The fourth-order valence-electron chi connectivity index (χ4n) is 3.20. The van der Waals surface area contributed by atoms with Crippen molar-refractivity contribution in [2.75, 3.05) is 11.8 Å². The van der Waals surface area contributed by atoms with Crippen molar-refractivity contribution in [3.63, 3.8) is 0 Å². The third-order valence-corrected chi connectivity index (χ3v) is 12.4. The standard InChI is InChI=1S/C18H40Cl2OSi2/c1-22(2,17-13-9-5-7-11-15-19)21-23(3,4)18-14-10-6-8-12-16-20/h5-18H2,1-4H3. The summed E-state index contributed by atoms with van der Waals surface area (Å²) in [7, 11) is -2.94. The molecule has 0 rings (SSSR count). The van der Waals surface area contributed by atoms with Crippen molar-refractivity contribution in [2.45, 2.75) is 102 Å². The van der Waals surface area contributed by atoms with E-state index in [0.717, 1.165) is 11.8 Å². The number of hydrogen-bond acceptors (Lipinski definition) is 1. The zero-order valence-electron chi connectivity index (χ0n) is 16.1. The van der Waals surface area contributed by atoms with Gasteiger partial charge in [-0.2, -0.15) is 0 Å². The highest BCUT2D eigenvalue weighted by atomic mass is 35.5. The molecule has 140 valence electrons. The molecule has 0 saturated carbocycles. The molecular formula is C18H40Cl2OSi2. The first-order valence-corrected chi connectivity index (χ1v) is 16.9. The van der Waals surface area contributed by atoms with Crippen LogP contribution in [0.4, 0.5) is 0 Å². The predicted molar refractivity (Wildman–Crippen MR) is 113 cm³/mol. The molecule has 1 nitrogen and oxygen atoms in total. The molecule has 23 heavy (non-hydrogen) atoms. The van der Waals surface area contributed by atoms with Crippen LogP contribution in [0.1, 0.15) is 64.2 Å². The molecule has 0 atom stereocenters. The molecule has 0 aliphatic rings. The summed E-state index contributed by atoms with van der Waals surface area (Å²) in [5.41, 5.74) is 0. The maximum absolute atomic E-state index is 6.72. The smallest absolute Gasteiger partial charge is 0.173 e. The Kier molecular flexibility index (Phi) is 14.8. The second-order valence-corrected chi connectivity index (χ2v) is 17.6. The number of halogens is 2. The molecule has 0 fully saturated rings. The Labute approximate surface area is 158 Å². The third kappa shape index (κ3) is 16.2. The summed E-state index contributed by atoms with van der Waals surface area (Å²) in [5.74, 6) is 1.63. The van der Waals surface area contributed by atoms with Crippen LogP contribution in [0, 0.1) is 0 Å². The molecule has 0 aromatic heterocycles. The SMILES string of the molecule is C[Si](C)(CCCCCCCCl)O[Si](C)(C)CCCCCCCCl. The second kappa shape index (κ2) is 14.2. The van der Waals surface area contributed by atoms with Crippen LogP contribution in [0.15, 0.2) is 0 Å². The Bertz CT molecular complexity index is 248. The Hall–Kier alpha value is 0.974. The first-order chi connectivity index (χ1) is 10.8. The predicted octanol–water partition coefficient (Wildman–Crippen LogP) is 7.79. The topological polar surface area (TPSA) is 9.23 Å². The molecule has 0 N–H and O–H groups in total. The summed E-state index contributed by atoms with van der Waals surface area (Å²) in [4.78, 5) is 0. The monoisotopic (exact) mass is 398 g/mol. The summed E-state index contributed by atoms with van der Waals surface area (Å²) in [5, 5.41) is 0. The molecule has 0 aliphatic carbocycles. The molecule has 0 aromatic rings. The van der Waals surface area contributed by atoms with E-state index in [1.165, 1.54) is 76.3 Å².